The summed E-state index contributed by atoms with van der Waals surface area (Å²) >= 11 is 0. The van der Waals surface area contributed by atoms with Crippen LogP contribution >= 0.6 is 0 Å². The van der Waals surface area contributed by atoms with E-state index in [1.54, 1.807) is 0 Å². The zero-order chi connectivity index (χ0) is 39.7. The summed E-state index contributed by atoms with van der Waals surface area (Å²) in [6, 6.07) is 0.255. The fraction of sp³-hybridized carbons (Fsp3) is 0.917. The molecule has 0 fully saturated rings. The highest BCUT2D eigenvalue weighted by Crippen LogP contribution is 2.20. The first kappa shape index (κ1) is 52.6. The van der Waals surface area contributed by atoms with E-state index in [4.69, 9.17) is 0 Å². The number of hydrazine groups is 1. The van der Waals surface area contributed by atoms with E-state index in [0.29, 0.717) is 18.9 Å². The van der Waals surface area contributed by atoms with Crippen molar-refractivity contribution in [2.45, 2.75) is 258 Å². The standard InChI is InChI=1S/C48H96N4O2/c1-7-11-15-19-23-27-29-33-38-45(39-34-30-28-24-20-16-12-8-2)49-50-47(53)44-46(40-35-31-25-21-17-13-9-3)52(43-37-42-51(5)6)48(54)41-36-32-26-22-18-14-10-4/h23,27,45-46,49H,7-22,24-26,28-44H2,1-6H3,(H,50,53)/b27-23-. The fourth-order valence-electron chi connectivity index (χ4n) is 7.64. The lowest BCUT2D eigenvalue weighted by atomic mass is 10.00. The van der Waals surface area contributed by atoms with Crippen LogP contribution < -0.4 is 10.9 Å². The number of nitrogens with one attached hydrogen (secondary N) is 2. The average molecular weight is 761 g/mol. The van der Waals surface area contributed by atoms with Crippen molar-refractivity contribution in [2.75, 3.05) is 27.2 Å². The van der Waals surface area contributed by atoms with Crippen LogP contribution in [0.3, 0.4) is 0 Å². The van der Waals surface area contributed by atoms with Crippen molar-refractivity contribution in [3.05, 3.63) is 12.2 Å². The van der Waals surface area contributed by atoms with Crippen molar-refractivity contribution in [3.63, 3.8) is 0 Å². The van der Waals surface area contributed by atoms with Crippen LogP contribution in [0.1, 0.15) is 246 Å². The Bertz CT molecular complexity index is 832. The molecule has 2 atom stereocenters. The molecule has 0 aromatic heterocycles. The molecule has 0 aromatic carbocycles. The van der Waals surface area contributed by atoms with Crippen LogP contribution in [0.25, 0.3) is 0 Å². The summed E-state index contributed by atoms with van der Waals surface area (Å²) in [7, 11) is 4.21. The molecule has 0 aliphatic carbocycles. The summed E-state index contributed by atoms with van der Waals surface area (Å²) in [5.74, 6) is 0.298. The molecule has 2 N–H and O–H groups in total. The van der Waals surface area contributed by atoms with Gasteiger partial charge in [-0.25, -0.2) is 5.43 Å². The van der Waals surface area contributed by atoms with Crippen LogP contribution in [0.4, 0.5) is 0 Å². The number of hydrogen-bond donors (Lipinski definition) is 2. The maximum atomic E-state index is 13.9. The third kappa shape index (κ3) is 35.0. The number of carbonyl (C=O) groups excluding carboxylic acids is 2. The van der Waals surface area contributed by atoms with Crippen LogP contribution in [-0.4, -0.2) is 60.9 Å². The molecule has 0 aliphatic heterocycles. The van der Waals surface area contributed by atoms with E-state index >= 15 is 0 Å². The smallest absolute Gasteiger partial charge is 0.236 e. The Morgan fingerprint density at radius 3 is 1.48 bits per heavy atom. The van der Waals surface area contributed by atoms with Gasteiger partial charge in [0.2, 0.25) is 11.8 Å². The molecular formula is C48H96N4O2. The molecular weight excluding hydrogens is 665 g/mol. The first-order valence-corrected chi connectivity index (χ1v) is 24.0. The van der Waals surface area contributed by atoms with Gasteiger partial charge in [0, 0.05) is 31.5 Å². The number of amides is 2. The molecule has 320 valence electrons. The maximum absolute atomic E-state index is 13.9. The summed E-state index contributed by atoms with van der Waals surface area (Å²) in [6.07, 6.45) is 44.8. The summed E-state index contributed by atoms with van der Waals surface area (Å²) < 4.78 is 0. The summed E-state index contributed by atoms with van der Waals surface area (Å²) in [5.41, 5.74) is 6.69. The van der Waals surface area contributed by atoms with E-state index in [0.717, 1.165) is 70.9 Å². The number of unbranched alkanes of at least 4 members (excludes halogenated alkanes) is 23. The summed E-state index contributed by atoms with van der Waals surface area (Å²) in [4.78, 5) is 32.0. The quantitative estimate of drug-likeness (QED) is 0.0369. The van der Waals surface area contributed by atoms with Gasteiger partial charge in [0.05, 0.1) is 0 Å². The minimum absolute atomic E-state index is 0.0364. The number of nitrogens with zero attached hydrogens (tertiary/aromatic N) is 2. The number of hydrogen-bond acceptors (Lipinski definition) is 4. The van der Waals surface area contributed by atoms with Crippen molar-refractivity contribution in [2.24, 2.45) is 0 Å². The van der Waals surface area contributed by atoms with E-state index in [9.17, 15) is 9.59 Å². The van der Waals surface area contributed by atoms with E-state index < -0.39 is 0 Å². The van der Waals surface area contributed by atoms with Gasteiger partial charge < -0.3 is 9.80 Å². The van der Waals surface area contributed by atoms with Crippen LogP contribution in [0.5, 0.6) is 0 Å². The van der Waals surface area contributed by atoms with Crippen molar-refractivity contribution in [1.29, 1.82) is 0 Å². The first-order chi connectivity index (χ1) is 26.4. The van der Waals surface area contributed by atoms with Gasteiger partial charge in [-0.1, -0.05) is 188 Å². The van der Waals surface area contributed by atoms with Crippen LogP contribution in [0.2, 0.25) is 0 Å². The molecule has 2 unspecified atom stereocenters. The zero-order valence-corrected chi connectivity index (χ0v) is 37.5. The van der Waals surface area contributed by atoms with E-state index in [2.05, 4.69) is 74.6 Å². The largest absolute Gasteiger partial charge is 0.339 e. The second-order valence-electron chi connectivity index (χ2n) is 16.9. The van der Waals surface area contributed by atoms with Gasteiger partial charge in [0.25, 0.3) is 0 Å². The lowest BCUT2D eigenvalue weighted by Gasteiger charge is -2.33. The Kier molecular flexibility index (Phi) is 40.2. The van der Waals surface area contributed by atoms with E-state index in [1.807, 2.05) is 0 Å². The molecule has 0 spiro atoms. The second-order valence-corrected chi connectivity index (χ2v) is 16.9. The molecule has 54 heavy (non-hydrogen) atoms. The van der Waals surface area contributed by atoms with Crippen LogP contribution in [0.15, 0.2) is 12.2 Å². The Labute approximate surface area is 338 Å². The van der Waals surface area contributed by atoms with Crippen molar-refractivity contribution in [1.82, 2.24) is 20.7 Å². The average Bonchev–Trinajstić information content (AvgIpc) is 3.16. The molecule has 0 rings (SSSR count). The molecule has 6 nitrogen and oxygen atoms in total. The third-order valence-electron chi connectivity index (χ3n) is 11.2. The third-order valence-corrected chi connectivity index (χ3v) is 11.2. The normalized spacial score (nSPS) is 12.9. The number of rotatable bonds is 42. The zero-order valence-electron chi connectivity index (χ0n) is 37.5. The Morgan fingerprint density at radius 1 is 0.500 bits per heavy atom. The predicted octanol–water partition coefficient (Wildman–Crippen LogP) is 13.6. The molecule has 6 heteroatoms. The lowest BCUT2D eigenvalue weighted by molar-refractivity contribution is -0.135. The maximum Gasteiger partial charge on any atom is 0.236 e. The summed E-state index contributed by atoms with van der Waals surface area (Å²) in [6.45, 7) is 10.8. The van der Waals surface area contributed by atoms with Gasteiger partial charge in [-0.15, -0.1) is 0 Å². The molecule has 0 aliphatic rings. The number of allylic oxidation sites excluding steroid dienone is 2. The highest BCUT2D eigenvalue weighted by atomic mass is 16.2. The molecule has 2 amide bonds. The monoisotopic (exact) mass is 761 g/mol. The molecule has 0 aromatic rings. The Balaban J connectivity index is 5.48. The molecule has 0 heterocycles. The molecule has 0 bridgehead atoms. The van der Waals surface area contributed by atoms with Gasteiger partial charge in [0.15, 0.2) is 0 Å². The van der Waals surface area contributed by atoms with Crippen molar-refractivity contribution < 1.29 is 9.59 Å². The van der Waals surface area contributed by atoms with Gasteiger partial charge >= 0.3 is 0 Å². The predicted molar refractivity (Wildman–Crippen MR) is 238 cm³/mol. The van der Waals surface area contributed by atoms with Crippen LogP contribution in [-0.2, 0) is 9.59 Å². The van der Waals surface area contributed by atoms with Gasteiger partial charge in [-0.3, -0.25) is 15.0 Å². The Morgan fingerprint density at radius 2 is 0.944 bits per heavy atom. The van der Waals surface area contributed by atoms with Gasteiger partial charge in [0.1, 0.15) is 0 Å². The highest BCUT2D eigenvalue weighted by Gasteiger charge is 2.26. The SMILES string of the molecule is CCCCC/C=C\CCCC(CCCCCCCCCC)NNC(=O)CC(CCCCCCCCC)N(CCCN(C)C)C(=O)CCCCCCCCC. The number of carbonyl (C=O) groups is 2. The van der Waals surface area contributed by atoms with Gasteiger partial charge in [-0.2, -0.15) is 0 Å². The first-order valence-electron chi connectivity index (χ1n) is 24.0. The molecule has 0 saturated carbocycles. The lowest BCUT2D eigenvalue weighted by Crippen LogP contribution is -2.48. The Hall–Kier alpha value is -1.40. The molecule has 0 saturated heterocycles. The van der Waals surface area contributed by atoms with E-state index in [1.165, 1.54) is 148 Å². The fourth-order valence-corrected chi connectivity index (χ4v) is 7.64. The highest BCUT2D eigenvalue weighted by molar-refractivity contribution is 5.79. The van der Waals surface area contributed by atoms with Gasteiger partial charge in [-0.05, 0) is 78.4 Å². The van der Waals surface area contributed by atoms with E-state index in [-0.39, 0.29) is 17.9 Å². The van der Waals surface area contributed by atoms with Crippen molar-refractivity contribution in [3.8, 4) is 0 Å². The van der Waals surface area contributed by atoms with Crippen molar-refractivity contribution >= 4 is 11.8 Å². The summed E-state index contributed by atoms with van der Waals surface area (Å²) in [5, 5.41) is 0. The molecule has 0 radical (unpaired) electrons. The minimum Gasteiger partial charge on any atom is -0.339 e. The minimum atomic E-state index is -0.0364. The van der Waals surface area contributed by atoms with Crippen LogP contribution in [0, 0.1) is 0 Å². The topological polar surface area (TPSA) is 64.7 Å². The second kappa shape index (κ2) is 41.2.